The van der Waals surface area contributed by atoms with Crippen LogP contribution in [0, 0.1) is 19.8 Å². The molecule has 0 fully saturated rings. The minimum atomic E-state index is -0.158. The van der Waals surface area contributed by atoms with E-state index in [0.29, 0.717) is 5.56 Å². The molecule has 2 amide bonds. The highest BCUT2D eigenvalue weighted by Gasteiger charge is 2.16. The van der Waals surface area contributed by atoms with Crippen molar-refractivity contribution in [1.82, 2.24) is 0 Å². The molecule has 0 spiro atoms. The van der Waals surface area contributed by atoms with E-state index in [1.165, 1.54) is 0 Å². The monoisotopic (exact) mass is 366 g/mol. The molecule has 0 aliphatic carbocycles. The van der Waals surface area contributed by atoms with Gasteiger partial charge in [-0.15, -0.1) is 0 Å². The SMILES string of the molecule is CCCC[C@@H](CC)C(=O)Nc1ccc(C(=O)Nc2ccc(C)cc2C)cc1. The summed E-state index contributed by atoms with van der Waals surface area (Å²) in [5, 5.41) is 5.90. The number of hydrogen-bond acceptors (Lipinski definition) is 2. The number of nitrogens with one attached hydrogen (secondary N) is 2. The summed E-state index contributed by atoms with van der Waals surface area (Å²) in [6.07, 6.45) is 3.90. The van der Waals surface area contributed by atoms with Crippen molar-refractivity contribution in [2.75, 3.05) is 10.6 Å². The van der Waals surface area contributed by atoms with Crippen LogP contribution in [0.15, 0.2) is 42.5 Å². The van der Waals surface area contributed by atoms with E-state index < -0.39 is 0 Å². The van der Waals surface area contributed by atoms with Crippen LogP contribution < -0.4 is 10.6 Å². The van der Waals surface area contributed by atoms with Crippen molar-refractivity contribution in [3.63, 3.8) is 0 Å². The van der Waals surface area contributed by atoms with Gasteiger partial charge in [-0.05, 0) is 62.6 Å². The Morgan fingerprint density at radius 1 is 0.963 bits per heavy atom. The topological polar surface area (TPSA) is 58.2 Å². The molecule has 2 aromatic rings. The Morgan fingerprint density at radius 3 is 2.26 bits per heavy atom. The van der Waals surface area contributed by atoms with E-state index in [1.54, 1.807) is 24.3 Å². The fraction of sp³-hybridized carbons (Fsp3) is 0.391. The van der Waals surface area contributed by atoms with E-state index in [4.69, 9.17) is 0 Å². The van der Waals surface area contributed by atoms with Crippen molar-refractivity contribution in [3.05, 3.63) is 59.2 Å². The van der Waals surface area contributed by atoms with Crippen LogP contribution in [-0.2, 0) is 4.79 Å². The van der Waals surface area contributed by atoms with E-state index in [9.17, 15) is 9.59 Å². The number of unbranched alkanes of at least 4 members (excludes halogenated alkanes) is 1. The Kier molecular flexibility index (Phi) is 7.59. The minimum Gasteiger partial charge on any atom is -0.326 e. The Labute approximate surface area is 162 Å². The van der Waals surface area contributed by atoms with Crippen LogP contribution in [0.4, 0.5) is 11.4 Å². The van der Waals surface area contributed by atoms with Gasteiger partial charge in [0, 0.05) is 22.9 Å². The number of aryl methyl sites for hydroxylation is 2. The molecule has 4 nitrogen and oxygen atoms in total. The summed E-state index contributed by atoms with van der Waals surface area (Å²) in [7, 11) is 0. The minimum absolute atomic E-state index is 0.0393. The number of rotatable bonds is 8. The maximum absolute atomic E-state index is 12.5. The molecule has 2 rings (SSSR count). The summed E-state index contributed by atoms with van der Waals surface area (Å²) in [5.74, 6) is -0.0647. The fourth-order valence-electron chi connectivity index (χ4n) is 3.07. The summed E-state index contributed by atoms with van der Waals surface area (Å²) in [4.78, 5) is 24.8. The van der Waals surface area contributed by atoms with Crippen LogP contribution in [0.3, 0.4) is 0 Å². The van der Waals surface area contributed by atoms with Gasteiger partial charge in [-0.25, -0.2) is 0 Å². The van der Waals surface area contributed by atoms with Gasteiger partial charge in [-0.1, -0.05) is 44.4 Å². The molecule has 2 aromatic carbocycles. The number of anilines is 2. The van der Waals surface area contributed by atoms with Gasteiger partial charge in [0.2, 0.25) is 5.91 Å². The lowest BCUT2D eigenvalue weighted by molar-refractivity contribution is -0.120. The van der Waals surface area contributed by atoms with Crippen LogP contribution >= 0.6 is 0 Å². The van der Waals surface area contributed by atoms with Crippen molar-refractivity contribution in [2.24, 2.45) is 5.92 Å². The number of carbonyl (C=O) groups excluding carboxylic acids is 2. The summed E-state index contributed by atoms with van der Waals surface area (Å²) >= 11 is 0. The van der Waals surface area contributed by atoms with Gasteiger partial charge in [-0.3, -0.25) is 9.59 Å². The largest absolute Gasteiger partial charge is 0.326 e. The standard InChI is InChI=1S/C23H30N2O2/c1-5-7-8-18(6-2)22(26)24-20-12-10-19(11-13-20)23(27)25-21-14-9-16(3)15-17(21)4/h9-15,18H,5-8H2,1-4H3,(H,24,26)(H,25,27)/t18-/m1/s1. The van der Waals surface area contributed by atoms with Crippen LogP contribution in [-0.4, -0.2) is 11.8 Å². The first-order chi connectivity index (χ1) is 12.9. The Hall–Kier alpha value is -2.62. The molecule has 0 radical (unpaired) electrons. The molecule has 0 aliphatic heterocycles. The molecule has 0 saturated carbocycles. The van der Waals surface area contributed by atoms with Gasteiger partial charge in [-0.2, -0.15) is 0 Å². The maximum atomic E-state index is 12.5. The second kappa shape index (κ2) is 9.91. The van der Waals surface area contributed by atoms with Gasteiger partial charge in [0.05, 0.1) is 0 Å². The average Bonchev–Trinajstić information content (AvgIpc) is 2.65. The summed E-state index contributed by atoms with van der Waals surface area (Å²) in [5.41, 5.74) is 4.29. The molecule has 4 heteroatoms. The predicted octanol–water partition coefficient (Wildman–Crippen LogP) is 5.71. The second-order valence-electron chi connectivity index (χ2n) is 7.09. The normalized spacial score (nSPS) is 11.7. The zero-order valence-electron chi connectivity index (χ0n) is 16.8. The van der Waals surface area contributed by atoms with Gasteiger partial charge in [0.1, 0.15) is 0 Å². The van der Waals surface area contributed by atoms with Crippen molar-refractivity contribution < 1.29 is 9.59 Å². The lowest BCUT2D eigenvalue weighted by atomic mass is 9.98. The van der Waals surface area contributed by atoms with E-state index in [2.05, 4.69) is 17.6 Å². The van der Waals surface area contributed by atoms with Crippen molar-refractivity contribution >= 4 is 23.2 Å². The fourth-order valence-corrected chi connectivity index (χ4v) is 3.07. The molecule has 0 bridgehead atoms. The highest BCUT2D eigenvalue weighted by molar-refractivity contribution is 6.05. The number of benzene rings is 2. The van der Waals surface area contributed by atoms with E-state index in [0.717, 1.165) is 48.2 Å². The van der Waals surface area contributed by atoms with Gasteiger partial charge < -0.3 is 10.6 Å². The Bertz CT molecular complexity index is 781. The Morgan fingerprint density at radius 2 is 1.67 bits per heavy atom. The van der Waals surface area contributed by atoms with Crippen molar-refractivity contribution in [2.45, 2.75) is 53.4 Å². The summed E-state index contributed by atoms with van der Waals surface area (Å²) in [6.45, 7) is 8.17. The second-order valence-corrected chi connectivity index (χ2v) is 7.09. The molecule has 0 heterocycles. The van der Waals surface area contributed by atoms with Crippen molar-refractivity contribution in [1.29, 1.82) is 0 Å². The van der Waals surface area contributed by atoms with Crippen LogP contribution in [0.2, 0.25) is 0 Å². The molecule has 0 unspecified atom stereocenters. The number of carbonyl (C=O) groups is 2. The molecule has 0 aliphatic rings. The quantitative estimate of drug-likeness (QED) is 0.628. The molecule has 0 aromatic heterocycles. The third kappa shape index (κ3) is 5.95. The number of hydrogen-bond donors (Lipinski definition) is 2. The average molecular weight is 367 g/mol. The third-order valence-corrected chi connectivity index (χ3v) is 4.81. The highest BCUT2D eigenvalue weighted by Crippen LogP contribution is 2.19. The van der Waals surface area contributed by atoms with Gasteiger partial charge >= 0.3 is 0 Å². The lowest BCUT2D eigenvalue weighted by Gasteiger charge is -2.15. The van der Waals surface area contributed by atoms with E-state index >= 15 is 0 Å². The number of amides is 2. The third-order valence-electron chi connectivity index (χ3n) is 4.81. The maximum Gasteiger partial charge on any atom is 0.255 e. The predicted molar refractivity (Wildman–Crippen MR) is 112 cm³/mol. The zero-order valence-corrected chi connectivity index (χ0v) is 16.8. The Balaban J connectivity index is 1.99. The lowest BCUT2D eigenvalue weighted by Crippen LogP contribution is -2.22. The first kappa shape index (κ1) is 20.7. The summed E-state index contributed by atoms with van der Waals surface area (Å²) in [6, 6.07) is 13.0. The van der Waals surface area contributed by atoms with Gasteiger partial charge in [0.15, 0.2) is 0 Å². The molecule has 0 saturated heterocycles. The van der Waals surface area contributed by atoms with Crippen molar-refractivity contribution in [3.8, 4) is 0 Å². The highest BCUT2D eigenvalue weighted by atomic mass is 16.2. The van der Waals surface area contributed by atoms with Crippen LogP contribution in [0.5, 0.6) is 0 Å². The van der Waals surface area contributed by atoms with E-state index in [1.807, 2.05) is 39.0 Å². The molecule has 2 N–H and O–H groups in total. The van der Waals surface area contributed by atoms with E-state index in [-0.39, 0.29) is 17.7 Å². The molecular formula is C23H30N2O2. The van der Waals surface area contributed by atoms with Crippen LogP contribution in [0.1, 0.15) is 61.0 Å². The van der Waals surface area contributed by atoms with Gasteiger partial charge in [0.25, 0.3) is 5.91 Å². The molecule has 1 atom stereocenters. The molecule has 27 heavy (non-hydrogen) atoms. The first-order valence-electron chi connectivity index (χ1n) is 9.74. The summed E-state index contributed by atoms with van der Waals surface area (Å²) < 4.78 is 0. The van der Waals surface area contributed by atoms with Crippen LogP contribution in [0.25, 0.3) is 0 Å². The smallest absolute Gasteiger partial charge is 0.255 e. The first-order valence-corrected chi connectivity index (χ1v) is 9.74. The zero-order chi connectivity index (χ0) is 19.8. The molecular weight excluding hydrogens is 336 g/mol. The molecule has 144 valence electrons.